The van der Waals surface area contributed by atoms with Gasteiger partial charge in [-0.15, -0.1) is 0 Å². The first kappa shape index (κ1) is 5.09. The van der Waals surface area contributed by atoms with E-state index in [1.54, 1.807) is 0 Å². The molecule has 3 rings (SSSR count). The first-order valence-electron chi connectivity index (χ1n) is 3.04. The largest absolute Gasteiger partial charge is 0.308 e. The van der Waals surface area contributed by atoms with Crippen molar-refractivity contribution in [3.8, 4) is 0 Å². The van der Waals surface area contributed by atoms with E-state index >= 15 is 0 Å². The highest BCUT2D eigenvalue weighted by molar-refractivity contribution is 7.77. The van der Waals surface area contributed by atoms with Crippen LogP contribution in [-0.4, -0.2) is 29.5 Å². The molecule has 0 aliphatic carbocycles. The molecule has 3 aliphatic rings. The fourth-order valence-electron chi connectivity index (χ4n) is 1.49. The van der Waals surface area contributed by atoms with Gasteiger partial charge in [-0.3, -0.25) is 4.31 Å². The van der Waals surface area contributed by atoms with Crippen molar-refractivity contribution < 1.29 is 0 Å². The molecule has 0 aromatic rings. The second-order valence-corrected chi connectivity index (χ2v) is 3.23. The maximum atomic E-state index is 4.24. The number of nitrogens with one attached hydrogen (secondary N) is 1. The van der Waals surface area contributed by atoms with Crippen molar-refractivity contribution in [3.05, 3.63) is 0 Å². The standard InChI is InChI=1S/C5H10N2S/c8-7-2-4-1-5(3-7)6-4/h4-6,8H,1-3H2. The Morgan fingerprint density at radius 3 is 2.12 bits per heavy atom. The Balaban J connectivity index is 1.97. The van der Waals surface area contributed by atoms with Crippen molar-refractivity contribution >= 4 is 12.8 Å². The Hall–Kier alpha value is 0.270. The second kappa shape index (κ2) is 1.62. The Morgan fingerprint density at radius 1 is 1.38 bits per heavy atom. The molecule has 0 aromatic carbocycles. The molecule has 2 unspecified atom stereocenters. The van der Waals surface area contributed by atoms with Crippen LogP contribution in [0.1, 0.15) is 6.42 Å². The summed E-state index contributed by atoms with van der Waals surface area (Å²) in [7, 11) is 0. The molecule has 2 atom stereocenters. The average Bonchev–Trinajstić information content (AvgIpc) is 1.62. The van der Waals surface area contributed by atoms with E-state index in [1.165, 1.54) is 6.42 Å². The third-order valence-electron chi connectivity index (χ3n) is 1.90. The summed E-state index contributed by atoms with van der Waals surface area (Å²) < 4.78 is 2.09. The molecule has 0 radical (unpaired) electrons. The van der Waals surface area contributed by atoms with Crippen LogP contribution >= 0.6 is 12.8 Å². The van der Waals surface area contributed by atoms with Gasteiger partial charge in [0, 0.05) is 25.2 Å². The molecule has 0 aromatic heterocycles. The Morgan fingerprint density at radius 2 is 1.88 bits per heavy atom. The van der Waals surface area contributed by atoms with Crippen molar-refractivity contribution in [1.82, 2.24) is 9.62 Å². The fourth-order valence-corrected chi connectivity index (χ4v) is 1.88. The lowest BCUT2D eigenvalue weighted by Crippen LogP contribution is -2.64. The molecule has 8 heavy (non-hydrogen) atoms. The summed E-state index contributed by atoms with van der Waals surface area (Å²) in [6, 6.07) is 1.51. The van der Waals surface area contributed by atoms with Gasteiger partial charge in [-0.2, -0.15) is 0 Å². The summed E-state index contributed by atoms with van der Waals surface area (Å²) in [5.41, 5.74) is 0. The molecule has 3 saturated heterocycles. The number of hydrogen-bond donors (Lipinski definition) is 2. The lowest BCUT2D eigenvalue weighted by molar-refractivity contribution is 0.145. The normalized spacial score (nSPS) is 46.1. The van der Waals surface area contributed by atoms with Crippen molar-refractivity contribution in [2.75, 3.05) is 13.1 Å². The smallest absolute Gasteiger partial charge is 0.0243 e. The highest BCUT2D eigenvalue weighted by Gasteiger charge is 2.34. The van der Waals surface area contributed by atoms with E-state index in [1.807, 2.05) is 0 Å². The fraction of sp³-hybridized carbons (Fsp3) is 1.00. The first-order valence-corrected chi connectivity index (χ1v) is 3.44. The van der Waals surface area contributed by atoms with Gasteiger partial charge in [0.1, 0.15) is 0 Å². The van der Waals surface area contributed by atoms with Crippen molar-refractivity contribution in [2.45, 2.75) is 18.5 Å². The summed E-state index contributed by atoms with van der Waals surface area (Å²) in [5.74, 6) is 0. The van der Waals surface area contributed by atoms with E-state index in [4.69, 9.17) is 0 Å². The molecular weight excluding hydrogens is 120 g/mol. The van der Waals surface area contributed by atoms with Crippen LogP contribution in [0.25, 0.3) is 0 Å². The van der Waals surface area contributed by atoms with Crippen LogP contribution in [-0.2, 0) is 0 Å². The third-order valence-corrected chi connectivity index (χ3v) is 2.23. The number of rotatable bonds is 0. The molecule has 3 heteroatoms. The van der Waals surface area contributed by atoms with Crippen LogP contribution in [0.15, 0.2) is 0 Å². The molecule has 46 valence electrons. The Bertz CT molecular complexity index is 90.6. The second-order valence-electron chi connectivity index (χ2n) is 2.67. The topological polar surface area (TPSA) is 15.3 Å². The zero-order valence-electron chi connectivity index (χ0n) is 4.67. The molecule has 3 heterocycles. The Labute approximate surface area is 54.8 Å². The van der Waals surface area contributed by atoms with Gasteiger partial charge in [-0.25, -0.2) is 0 Å². The van der Waals surface area contributed by atoms with Gasteiger partial charge in [0.15, 0.2) is 0 Å². The van der Waals surface area contributed by atoms with E-state index < -0.39 is 0 Å². The van der Waals surface area contributed by atoms with Crippen LogP contribution in [0.2, 0.25) is 0 Å². The van der Waals surface area contributed by atoms with Gasteiger partial charge < -0.3 is 5.32 Å². The lowest BCUT2D eigenvalue weighted by Gasteiger charge is -2.46. The monoisotopic (exact) mass is 130 g/mol. The number of nitrogens with zero attached hydrogens (tertiary/aromatic N) is 1. The predicted molar refractivity (Wildman–Crippen MR) is 35.9 cm³/mol. The SMILES string of the molecule is SN1CC2CC(C1)N2. The van der Waals surface area contributed by atoms with E-state index in [2.05, 4.69) is 22.4 Å². The number of hydrogen-bond acceptors (Lipinski definition) is 3. The minimum Gasteiger partial charge on any atom is -0.308 e. The minimum absolute atomic E-state index is 0.756. The van der Waals surface area contributed by atoms with E-state index in [0.29, 0.717) is 0 Å². The van der Waals surface area contributed by atoms with Gasteiger partial charge in [0.2, 0.25) is 0 Å². The molecule has 2 bridgehead atoms. The van der Waals surface area contributed by atoms with Crippen LogP contribution in [0.3, 0.4) is 0 Å². The van der Waals surface area contributed by atoms with Crippen molar-refractivity contribution in [3.63, 3.8) is 0 Å². The molecule has 0 amide bonds. The van der Waals surface area contributed by atoms with Crippen molar-refractivity contribution in [1.29, 1.82) is 0 Å². The van der Waals surface area contributed by atoms with Gasteiger partial charge in [0.25, 0.3) is 0 Å². The summed E-state index contributed by atoms with van der Waals surface area (Å²) in [6.45, 7) is 2.25. The Kier molecular flexibility index (Phi) is 1.03. The van der Waals surface area contributed by atoms with E-state index in [-0.39, 0.29) is 0 Å². The molecule has 1 N–H and O–H groups in total. The number of thiol groups is 1. The van der Waals surface area contributed by atoms with E-state index in [9.17, 15) is 0 Å². The van der Waals surface area contributed by atoms with Gasteiger partial charge in [0.05, 0.1) is 0 Å². The van der Waals surface area contributed by atoms with Crippen LogP contribution in [0.4, 0.5) is 0 Å². The minimum atomic E-state index is 0.756. The van der Waals surface area contributed by atoms with Crippen LogP contribution in [0, 0.1) is 0 Å². The summed E-state index contributed by atoms with van der Waals surface area (Å²) in [6.07, 6.45) is 1.37. The molecule has 2 nitrogen and oxygen atoms in total. The highest BCUT2D eigenvalue weighted by atomic mass is 32.1. The lowest BCUT2D eigenvalue weighted by atomic mass is 9.93. The molecule has 0 saturated carbocycles. The number of piperazine rings is 1. The van der Waals surface area contributed by atoms with Crippen molar-refractivity contribution in [2.24, 2.45) is 0 Å². The molecule has 3 fully saturated rings. The maximum absolute atomic E-state index is 4.24. The number of piperidine rings is 1. The summed E-state index contributed by atoms with van der Waals surface area (Å²) in [5, 5.41) is 3.42. The molecule has 3 aliphatic heterocycles. The zero-order chi connectivity index (χ0) is 5.56. The highest BCUT2D eigenvalue weighted by Crippen LogP contribution is 2.21. The zero-order valence-corrected chi connectivity index (χ0v) is 5.56. The van der Waals surface area contributed by atoms with Crippen LogP contribution in [0.5, 0.6) is 0 Å². The van der Waals surface area contributed by atoms with Gasteiger partial charge >= 0.3 is 0 Å². The number of fused-ring (bicyclic) bond motifs is 2. The first-order chi connectivity index (χ1) is 3.84. The third kappa shape index (κ3) is 0.658. The average molecular weight is 130 g/mol. The molecular formula is C5H10N2S. The quantitative estimate of drug-likeness (QED) is 0.444. The summed E-state index contributed by atoms with van der Waals surface area (Å²) in [4.78, 5) is 0. The maximum Gasteiger partial charge on any atom is 0.0243 e. The van der Waals surface area contributed by atoms with Gasteiger partial charge in [-0.1, -0.05) is 12.8 Å². The van der Waals surface area contributed by atoms with Crippen LogP contribution < -0.4 is 5.32 Å². The van der Waals surface area contributed by atoms with E-state index in [0.717, 1.165) is 25.2 Å². The van der Waals surface area contributed by atoms with Gasteiger partial charge in [-0.05, 0) is 6.42 Å². The summed E-state index contributed by atoms with van der Waals surface area (Å²) >= 11 is 4.24. The molecule has 0 spiro atoms. The predicted octanol–water partition coefficient (Wildman–Crippen LogP) is -0.123.